The number of amides is 1. The standard InChI is InChI=1S/C25H36N4O6S/c1-5-20-22-21(8-6-14-34-15-7-13-27-23(22)30)29(28-20)16-25(2,3)17-35-24(31)18-9-11-19(12-10-18)36(32,33)26-4/h9-12,26H,5-8,13-17H2,1-4H3,(H,27,30). The van der Waals surface area contributed by atoms with Gasteiger partial charge in [-0.2, -0.15) is 5.10 Å². The first-order valence-corrected chi connectivity index (χ1v) is 13.7. The number of benzene rings is 1. The van der Waals surface area contributed by atoms with E-state index in [1.54, 1.807) is 0 Å². The fraction of sp³-hybridized carbons (Fsp3) is 0.560. The first kappa shape index (κ1) is 27.8. The molecule has 2 heterocycles. The molecule has 0 spiro atoms. The average molecular weight is 521 g/mol. The van der Waals surface area contributed by atoms with Crippen molar-refractivity contribution in [3.8, 4) is 0 Å². The molecule has 2 N–H and O–H groups in total. The summed E-state index contributed by atoms with van der Waals surface area (Å²) in [5.74, 6) is -0.648. The lowest BCUT2D eigenvalue weighted by Crippen LogP contribution is -2.29. The molecule has 1 aliphatic heterocycles. The minimum atomic E-state index is -3.58. The van der Waals surface area contributed by atoms with Crippen molar-refractivity contribution in [2.45, 2.75) is 57.9 Å². The van der Waals surface area contributed by atoms with E-state index in [-0.39, 0.29) is 23.0 Å². The normalized spacial score (nSPS) is 15.5. The second kappa shape index (κ2) is 12.0. The molecule has 0 atom stereocenters. The highest BCUT2D eigenvalue weighted by atomic mass is 32.2. The number of esters is 1. The number of ether oxygens (including phenoxy) is 2. The maximum absolute atomic E-state index is 13.0. The third-order valence-corrected chi connectivity index (χ3v) is 7.42. The van der Waals surface area contributed by atoms with Crippen LogP contribution in [0.15, 0.2) is 29.2 Å². The lowest BCUT2D eigenvalue weighted by atomic mass is 9.94. The second-order valence-corrected chi connectivity index (χ2v) is 11.5. The Kier molecular flexibility index (Phi) is 9.26. The molecular weight excluding hydrogens is 484 g/mol. The highest BCUT2D eigenvalue weighted by Crippen LogP contribution is 2.25. The number of hydrogen-bond donors (Lipinski definition) is 2. The van der Waals surface area contributed by atoms with E-state index in [4.69, 9.17) is 14.6 Å². The molecule has 0 fully saturated rings. The Morgan fingerprint density at radius 1 is 1.22 bits per heavy atom. The van der Waals surface area contributed by atoms with Crippen LogP contribution in [0.3, 0.4) is 0 Å². The number of sulfonamides is 1. The van der Waals surface area contributed by atoms with Crippen molar-refractivity contribution in [1.29, 1.82) is 0 Å². The van der Waals surface area contributed by atoms with Crippen LogP contribution in [0.25, 0.3) is 0 Å². The van der Waals surface area contributed by atoms with E-state index < -0.39 is 21.4 Å². The molecule has 0 radical (unpaired) electrons. The van der Waals surface area contributed by atoms with Gasteiger partial charge in [0, 0.05) is 31.7 Å². The Bertz CT molecular complexity index is 1170. The monoisotopic (exact) mass is 520 g/mol. The van der Waals surface area contributed by atoms with Crippen LogP contribution in [0.4, 0.5) is 0 Å². The van der Waals surface area contributed by atoms with E-state index in [9.17, 15) is 18.0 Å². The minimum Gasteiger partial charge on any atom is -0.461 e. The van der Waals surface area contributed by atoms with Crippen LogP contribution in [-0.2, 0) is 38.9 Å². The predicted molar refractivity (Wildman–Crippen MR) is 134 cm³/mol. The fourth-order valence-corrected chi connectivity index (χ4v) is 4.77. The number of fused-ring (bicyclic) bond motifs is 1. The zero-order valence-electron chi connectivity index (χ0n) is 21.4. The van der Waals surface area contributed by atoms with Crippen molar-refractivity contribution in [3.05, 3.63) is 46.8 Å². The number of hydrogen-bond acceptors (Lipinski definition) is 7. The van der Waals surface area contributed by atoms with Gasteiger partial charge < -0.3 is 14.8 Å². The van der Waals surface area contributed by atoms with Gasteiger partial charge in [-0.3, -0.25) is 9.48 Å². The van der Waals surface area contributed by atoms with Crippen LogP contribution < -0.4 is 10.0 Å². The van der Waals surface area contributed by atoms with Crippen LogP contribution in [0.5, 0.6) is 0 Å². The number of carbonyl (C=O) groups is 2. The topological polar surface area (TPSA) is 129 Å². The van der Waals surface area contributed by atoms with Crippen molar-refractivity contribution in [2.24, 2.45) is 5.41 Å². The Labute approximate surface area is 212 Å². The summed E-state index contributed by atoms with van der Waals surface area (Å²) in [6, 6.07) is 5.59. The molecule has 0 unspecified atom stereocenters. The molecule has 1 amide bonds. The summed E-state index contributed by atoms with van der Waals surface area (Å²) >= 11 is 0. The van der Waals surface area contributed by atoms with Crippen molar-refractivity contribution >= 4 is 21.9 Å². The molecule has 11 heteroatoms. The van der Waals surface area contributed by atoms with Crippen molar-refractivity contribution < 1.29 is 27.5 Å². The third kappa shape index (κ3) is 6.92. The quantitative estimate of drug-likeness (QED) is 0.511. The molecule has 1 aliphatic rings. The van der Waals surface area contributed by atoms with Gasteiger partial charge in [0.05, 0.1) is 34.0 Å². The number of carbonyl (C=O) groups excluding carboxylic acids is 2. The van der Waals surface area contributed by atoms with E-state index in [2.05, 4.69) is 10.0 Å². The van der Waals surface area contributed by atoms with Crippen molar-refractivity contribution in [3.63, 3.8) is 0 Å². The van der Waals surface area contributed by atoms with E-state index in [1.165, 1.54) is 31.3 Å². The lowest BCUT2D eigenvalue weighted by molar-refractivity contribution is 0.0304. The number of aromatic nitrogens is 2. The Morgan fingerprint density at radius 2 is 1.92 bits per heavy atom. The smallest absolute Gasteiger partial charge is 0.338 e. The summed E-state index contributed by atoms with van der Waals surface area (Å²) in [7, 11) is -2.25. The maximum atomic E-state index is 13.0. The zero-order chi connectivity index (χ0) is 26.3. The summed E-state index contributed by atoms with van der Waals surface area (Å²) in [6.07, 6.45) is 2.84. The van der Waals surface area contributed by atoms with Crippen LogP contribution >= 0.6 is 0 Å². The molecule has 2 aromatic rings. The number of rotatable bonds is 8. The largest absolute Gasteiger partial charge is 0.461 e. The predicted octanol–water partition coefficient (Wildman–Crippen LogP) is 2.32. The first-order chi connectivity index (χ1) is 17.1. The molecule has 198 valence electrons. The first-order valence-electron chi connectivity index (χ1n) is 12.2. The van der Waals surface area contributed by atoms with Crippen LogP contribution in [0.2, 0.25) is 0 Å². The summed E-state index contributed by atoms with van der Waals surface area (Å²) in [5.41, 5.74) is 2.06. The number of nitrogens with one attached hydrogen (secondary N) is 2. The molecule has 36 heavy (non-hydrogen) atoms. The maximum Gasteiger partial charge on any atom is 0.338 e. The molecule has 3 rings (SSSR count). The SMILES string of the molecule is CCc1nn(CC(C)(C)COC(=O)c2ccc(S(=O)(=O)NC)cc2)c2c1C(=O)NCCCOCCC2. The summed E-state index contributed by atoms with van der Waals surface area (Å²) in [6.45, 7) is 8.29. The van der Waals surface area contributed by atoms with Gasteiger partial charge in [0.15, 0.2) is 0 Å². The lowest BCUT2D eigenvalue weighted by Gasteiger charge is -2.25. The zero-order valence-corrected chi connectivity index (χ0v) is 22.2. The average Bonchev–Trinajstić information content (AvgIpc) is 3.18. The molecule has 1 aromatic heterocycles. The Hall–Kier alpha value is -2.76. The van der Waals surface area contributed by atoms with Gasteiger partial charge in [-0.25, -0.2) is 17.9 Å². The molecule has 0 saturated carbocycles. The van der Waals surface area contributed by atoms with E-state index in [0.717, 1.165) is 24.2 Å². The van der Waals surface area contributed by atoms with Gasteiger partial charge in [-0.1, -0.05) is 20.8 Å². The highest BCUT2D eigenvalue weighted by Gasteiger charge is 2.28. The highest BCUT2D eigenvalue weighted by molar-refractivity contribution is 7.89. The Morgan fingerprint density at radius 3 is 2.58 bits per heavy atom. The summed E-state index contributed by atoms with van der Waals surface area (Å²) < 4.78 is 39.1. The van der Waals surface area contributed by atoms with Crippen LogP contribution in [-0.4, -0.2) is 63.5 Å². The number of nitrogens with zero attached hydrogens (tertiary/aromatic N) is 2. The summed E-state index contributed by atoms with van der Waals surface area (Å²) in [4.78, 5) is 25.6. The molecule has 10 nitrogen and oxygen atoms in total. The van der Waals surface area contributed by atoms with Gasteiger partial charge in [0.1, 0.15) is 0 Å². The third-order valence-electron chi connectivity index (χ3n) is 5.99. The van der Waals surface area contributed by atoms with E-state index >= 15 is 0 Å². The van der Waals surface area contributed by atoms with Crippen molar-refractivity contribution in [1.82, 2.24) is 19.8 Å². The van der Waals surface area contributed by atoms with Crippen molar-refractivity contribution in [2.75, 3.05) is 33.4 Å². The van der Waals surface area contributed by atoms with Gasteiger partial charge in [-0.05, 0) is 57.0 Å². The van der Waals surface area contributed by atoms with E-state index in [0.29, 0.717) is 44.7 Å². The Balaban J connectivity index is 1.73. The fourth-order valence-electron chi connectivity index (χ4n) is 4.04. The number of aryl methyl sites for hydroxylation is 1. The van der Waals surface area contributed by atoms with Gasteiger partial charge in [0.2, 0.25) is 10.0 Å². The molecule has 0 aliphatic carbocycles. The van der Waals surface area contributed by atoms with E-state index in [1.807, 2.05) is 25.5 Å². The van der Waals surface area contributed by atoms with Gasteiger partial charge in [0.25, 0.3) is 5.91 Å². The summed E-state index contributed by atoms with van der Waals surface area (Å²) in [5, 5.41) is 7.73. The van der Waals surface area contributed by atoms with Gasteiger partial charge in [-0.15, -0.1) is 0 Å². The second-order valence-electron chi connectivity index (χ2n) is 9.58. The molecule has 1 aromatic carbocycles. The minimum absolute atomic E-state index is 0.0698. The molecular formula is C25H36N4O6S. The molecule has 0 saturated heterocycles. The van der Waals surface area contributed by atoms with Crippen LogP contribution in [0.1, 0.15) is 65.7 Å². The van der Waals surface area contributed by atoms with Crippen LogP contribution in [0, 0.1) is 5.41 Å². The van der Waals surface area contributed by atoms with Gasteiger partial charge >= 0.3 is 5.97 Å². The molecule has 0 bridgehead atoms.